The highest BCUT2D eigenvalue weighted by atomic mass is 31.2. The average Bonchev–Trinajstić information content (AvgIpc) is 2.89. The fourth-order valence-corrected chi connectivity index (χ4v) is 12.7. The summed E-state index contributed by atoms with van der Waals surface area (Å²) in [6.07, 6.45) is 2.13. The molecule has 0 amide bonds. The Hall–Kier alpha value is -2.78. The Balaban J connectivity index is 1.85. The molecule has 0 nitrogen and oxygen atoms in total. The molecule has 0 saturated heterocycles. The number of rotatable bonds is 9. The van der Waals surface area contributed by atoms with Crippen LogP contribution < -0.4 is 21.2 Å². The SMILES string of the molecule is C=C[P+](CC[P+](C=C)(c1ccccc1)c1ccccc1)(c1ccccc1)c1ccccc1. The summed E-state index contributed by atoms with van der Waals surface area (Å²) in [5.74, 6) is 4.51. The first-order chi connectivity index (χ1) is 15.7. The van der Waals surface area contributed by atoms with Gasteiger partial charge in [-0.05, 0) is 48.5 Å². The lowest BCUT2D eigenvalue weighted by atomic mass is 10.4. The molecule has 0 atom stereocenters. The van der Waals surface area contributed by atoms with Crippen LogP contribution in [0.3, 0.4) is 0 Å². The van der Waals surface area contributed by atoms with E-state index in [1.807, 2.05) is 0 Å². The van der Waals surface area contributed by atoms with Gasteiger partial charge in [-0.2, -0.15) is 0 Å². The van der Waals surface area contributed by atoms with Gasteiger partial charge in [0.1, 0.15) is 48.1 Å². The van der Waals surface area contributed by atoms with Crippen LogP contribution in [0.1, 0.15) is 0 Å². The van der Waals surface area contributed by atoms with Crippen molar-refractivity contribution in [1.29, 1.82) is 0 Å². The molecule has 0 spiro atoms. The van der Waals surface area contributed by atoms with Crippen LogP contribution in [0.5, 0.6) is 0 Å². The van der Waals surface area contributed by atoms with E-state index in [1.165, 1.54) is 21.2 Å². The standard InChI is InChI=1S/C30H30P2/c1-3-31(27-17-9-5-10-18-27,28-19-11-6-12-20-28)25-26-32(4-2,29-21-13-7-14-22-29)30-23-15-8-16-24-30/h3-24H,1-2,25-26H2/q+2. The number of hydrogen-bond donors (Lipinski definition) is 0. The molecule has 2 heteroatoms. The third-order valence-electron chi connectivity index (χ3n) is 6.30. The Kier molecular flexibility index (Phi) is 7.16. The van der Waals surface area contributed by atoms with Crippen LogP contribution >= 0.6 is 14.5 Å². The van der Waals surface area contributed by atoms with Crippen LogP contribution in [-0.4, -0.2) is 12.3 Å². The third kappa shape index (κ3) is 4.27. The molecule has 0 fully saturated rings. The van der Waals surface area contributed by atoms with Gasteiger partial charge in [0.25, 0.3) is 0 Å². The molecule has 158 valence electrons. The molecule has 0 saturated carbocycles. The average molecular weight is 453 g/mol. The second kappa shape index (κ2) is 10.2. The molecule has 0 heterocycles. The Bertz CT molecular complexity index is 963. The minimum absolute atomic E-state index is 1.06. The maximum atomic E-state index is 4.39. The second-order valence-corrected chi connectivity index (χ2v) is 15.1. The van der Waals surface area contributed by atoms with E-state index in [-0.39, 0.29) is 0 Å². The molecular formula is C30H30P2+2. The van der Waals surface area contributed by atoms with Crippen molar-refractivity contribution in [2.24, 2.45) is 0 Å². The molecule has 0 aliphatic carbocycles. The summed E-state index contributed by atoms with van der Waals surface area (Å²) in [5.41, 5.74) is 0. The van der Waals surface area contributed by atoms with Crippen LogP contribution in [-0.2, 0) is 0 Å². The van der Waals surface area contributed by atoms with Gasteiger partial charge >= 0.3 is 0 Å². The first-order valence-corrected chi connectivity index (χ1v) is 15.1. The number of hydrogen-bond acceptors (Lipinski definition) is 0. The fourth-order valence-electron chi connectivity index (χ4n) is 4.51. The molecule has 0 bridgehead atoms. The maximum Gasteiger partial charge on any atom is 0.108 e. The van der Waals surface area contributed by atoms with Crippen LogP contribution in [0.2, 0.25) is 0 Å². The normalized spacial score (nSPS) is 11.6. The van der Waals surface area contributed by atoms with Gasteiger partial charge in [-0.25, -0.2) is 0 Å². The minimum atomic E-state index is -1.79. The summed E-state index contributed by atoms with van der Waals surface area (Å²) in [7, 11) is -3.58. The summed E-state index contributed by atoms with van der Waals surface area (Å²) < 4.78 is 0. The molecule has 0 N–H and O–H groups in total. The highest BCUT2D eigenvalue weighted by Crippen LogP contribution is 2.64. The van der Waals surface area contributed by atoms with E-state index < -0.39 is 14.5 Å². The predicted octanol–water partition coefficient (Wildman–Crippen LogP) is 6.61. The molecule has 0 aromatic heterocycles. The van der Waals surface area contributed by atoms with E-state index in [0.717, 1.165) is 12.3 Å². The van der Waals surface area contributed by atoms with Gasteiger partial charge in [0, 0.05) is 0 Å². The summed E-state index contributed by atoms with van der Waals surface area (Å²) in [6, 6.07) is 43.9. The summed E-state index contributed by atoms with van der Waals surface area (Å²) in [5, 5.41) is 5.57. The van der Waals surface area contributed by atoms with Crippen molar-refractivity contribution in [3.63, 3.8) is 0 Å². The first-order valence-electron chi connectivity index (χ1n) is 11.0. The van der Waals surface area contributed by atoms with E-state index in [9.17, 15) is 0 Å². The second-order valence-electron chi connectivity index (χ2n) is 7.89. The van der Waals surface area contributed by atoms with Crippen molar-refractivity contribution in [2.45, 2.75) is 0 Å². The van der Waals surface area contributed by atoms with E-state index in [4.69, 9.17) is 0 Å². The van der Waals surface area contributed by atoms with E-state index in [0.29, 0.717) is 0 Å². The lowest BCUT2D eigenvalue weighted by molar-refractivity contribution is 1.48. The molecular weight excluding hydrogens is 422 g/mol. The van der Waals surface area contributed by atoms with Crippen LogP contribution in [0.15, 0.2) is 146 Å². The third-order valence-corrected chi connectivity index (χ3v) is 14.6. The van der Waals surface area contributed by atoms with Gasteiger partial charge in [-0.1, -0.05) is 86.0 Å². The lowest BCUT2D eigenvalue weighted by Gasteiger charge is -2.28. The zero-order valence-corrected chi connectivity index (χ0v) is 20.2. The van der Waals surface area contributed by atoms with Gasteiger partial charge in [-0.3, -0.25) is 0 Å². The van der Waals surface area contributed by atoms with E-state index in [1.54, 1.807) is 0 Å². The van der Waals surface area contributed by atoms with Gasteiger partial charge in [0.2, 0.25) is 0 Å². The molecule has 0 aliphatic rings. The van der Waals surface area contributed by atoms with Crippen molar-refractivity contribution >= 4 is 35.7 Å². The Morgan fingerprint density at radius 2 is 0.625 bits per heavy atom. The van der Waals surface area contributed by atoms with Crippen molar-refractivity contribution < 1.29 is 0 Å². The molecule has 4 rings (SSSR count). The van der Waals surface area contributed by atoms with Crippen LogP contribution in [0.25, 0.3) is 0 Å². The summed E-state index contributed by atoms with van der Waals surface area (Å²) in [4.78, 5) is 0. The molecule has 4 aromatic rings. The van der Waals surface area contributed by atoms with Crippen molar-refractivity contribution in [2.75, 3.05) is 12.3 Å². The highest BCUT2D eigenvalue weighted by molar-refractivity contribution is 7.95. The highest BCUT2D eigenvalue weighted by Gasteiger charge is 2.47. The molecule has 0 radical (unpaired) electrons. The summed E-state index contributed by atoms with van der Waals surface area (Å²) >= 11 is 0. The Labute approximate surface area is 194 Å². The molecule has 4 aromatic carbocycles. The lowest BCUT2D eigenvalue weighted by Crippen LogP contribution is -2.29. The zero-order chi connectivity index (χ0) is 22.3. The van der Waals surface area contributed by atoms with Crippen LogP contribution in [0.4, 0.5) is 0 Å². The quantitative estimate of drug-likeness (QED) is 0.251. The topological polar surface area (TPSA) is 0 Å². The van der Waals surface area contributed by atoms with Crippen molar-refractivity contribution in [1.82, 2.24) is 0 Å². The fraction of sp³-hybridized carbons (Fsp3) is 0.0667. The smallest absolute Gasteiger partial charge is 0.0631 e. The van der Waals surface area contributed by atoms with Gasteiger partial charge in [-0.15, -0.1) is 0 Å². The minimum Gasteiger partial charge on any atom is -0.0631 e. The van der Waals surface area contributed by atoms with Gasteiger partial charge in [0.15, 0.2) is 0 Å². The number of benzene rings is 4. The van der Waals surface area contributed by atoms with E-state index in [2.05, 4.69) is 146 Å². The molecule has 0 unspecified atom stereocenters. The van der Waals surface area contributed by atoms with Crippen molar-refractivity contribution in [3.8, 4) is 0 Å². The Morgan fingerprint density at radius 1 is 0.406 bits per heavy atom. The van der Waals surface area contributed by atoms with Gasteiger partial charge < -0.3 is 0 Å². The van der Waals surface area contributed by atoms with Gasteiger partial charge in [0.05, 0.1) is 11.6 Å². The monoisotopic (exact) mass is 452 g/mol. The van der Waals surface area contributed by atoms with Crippen molar-refractivity contribution in [3.05, 3.63) is 146 Å². The molecule has 0 aliphatic heterocycles. The van der Waals surface area contributed by atoms with Crippen LogP contribution in [0, 0.1) is 0 Å². The largest absolute Gasteiger partial charge is 0.108 e. The zero-order valence-electron chi connectivity index (χ0n) is 18.4. The van der Waals surface area contributed by atoms with E-state index >= 15 is 0 Å². The Morgan fingerprint density at radius 3 is 0.812 bits per heavy atom. The summed E-state index contributed by atoms with van der Waals surface area (Å²) in [6.45, 7) is 8.79. The first kappa shape index (κ1) is 22.4. The molecule has 32 heavy (non-hydrogen) atoms. The predicted molar refractivity (Wildman–Crippen MR) is 148 cm³/mol. The maximum absolute atomic E-state index is 4.39.